The summed E-state index contributed by atoms with van der Waals surface area (Å²) in [4.78, 5) is 13.3. The molecule has 0 saturated carbocycles. The molecule has 0 aliphatic rings. The molecule has 2 nitrogen and oxygen atoms in total. The molecule has 3 aromatic carbocycles. The SMILES string of the molecule is C=C(C)C(=O)n1c(-c2ccccc2)c(-c2ccccc2)c2c(C)cc(C)cc21. The fourth-order valence-corrected chi connectivity index (χ4v) is 3.95. The molecule has 0 unspecified atom stereocenters. The Morgan fingerprint density at radius 2 is 1.43 bits per heavy atom. The van der Waals surface area contributed by atoms with E-state index in [0.717, 1.165) is 38.9 Å². The van der Waals surface area contributed by atoms with E-state index >= 15 is 0 Å². The summed E-state index contributed by atoms with van der Waals surface area (Å²) in [7, 11) is 0. The molecule has 4 aromatic rings. The van der Waals surface area contributed by atoms with E-state index in [-0.39, 0.29) is 5.91 Å². The van der Waals surface area contributed by atoms with Gasteiger partial charge in [0.25, 0.3) is 5.91 Å². The zero-order valence-electron chi connectivity index (χ0n) is 16.5. The van der Waals surface area contributed by atoms with Gasteiger partial charge in [0, 0.05) is 16.5 Å². The molecule has 0 aliphatic carbocycles. The van der Waals surface area contributed by atoms with E-state index < -0.39 is 0 Å². The Hall–Kier alpha value is -3.39. The van der Waals surface area contributed by atoms with Crippen LogP contribution in [0, 0.1) is 13.8 Å². The highest BCUT2D eigenvalue weighted by Gasteiger charge is 2.25. The maximum Gasteiger partial charge on any atom is 0.257 e. The van der Waals surface area contributed by atoms with Crippen molar-refractivity contribution in [3.8, 4) is 22.4 Å². The van der Waals surface area contributed by atoms with Gasteiger partial charge in [0.05, 0.1) is 11.2 Å². The van der Waals surface area contributed by atoms with E-state index in [0.29, 0.717) is 5.57 Å². The second-order valence-electron chi connectivity index (χ2n) is 7.35. The van der Waals surface area contributed by atoms with Crippen LogP contribution in [0.1, 0.15) is 22.8 Å². The molecule has 0 bridgehead atoms. The summed E-state index contributed by atoms with van der Waals surface area (Å²) in [6.45, 7) is 9.89. The summed E-state index contributed by atoms with van der Waals surface area (Å²) < 4.78 is 1.84. The molecular formula is C26H23NO. The Balaban J connectivity index is 2.26. The van der Waals surface area contributed by atoms with Crippen LogP contribution in [-0.4, -0.2) is 10.5 Å². The van der Waals surface area contributed by atoms with Crippen molar-refractivity contribution in [1.82, 2.24) is 4.57 Å². The van der Waals surface area contributed by atoms with Gasteiger partial charge in [-0.15, -0.1) is 0 Å². The minimum atomic E-state index is -0.0731. The zero-order valence-corrected chi connectivity index (χ0v) is 16.5. The molecule has 0 spiro atoms. The first kappa shape index (κ1) is 18.0. The number of hydrogen-bond donors (Lipinski definition) is 0. The second-order valence-corrected chi connectivity index (χ2v) is 7.35. The average molecular weight is 365 g/mol. The molecule has 0 fully saturated rings. The van der Waals surface area contributed by atoms with Gasteiger partial charge in [-0.2, -0.15) is 0 Å². The average Bonchev–Trinajstić information content (AvgIpc) is 3.03. The van der Waals surface area contributed by atoms with Crippen LogP contribution in [0.5, 0.6) is 0 Å². The summed E-state index contributed by atoms with van der Waals surface area (Å²) in [6.07, 6.45) is 0. The van der Waals surface area contributed by atoms with Crippen molar-refractivity contribution in [1.29, 1.82) is 0 Å². The second kappa shape index (κ2) is 6.97. The maximum absolute atomic E-state index is 13.3. The first-order chi connectivity index (χ1) is 13.5. The van der Waals surface area contributed by atoms with Crippen LogP contribution in [0.15, 0.2) is 84.9 Å². The first-order valence-electron chi connectivity index (χ1n) is 9.45. The summed E-state index contributed by atoms with van der Waals surface area (Å²) in [5.41, 5.74) is 7.89. The molecule has 4 rings (SSSR count). The van der Waals surface area contributed by atoms with Gasteiger partial charge >= 0.3 is 0 Å². The third-order valence-corrected chi connectivity index (χ3v) is 5.09. The van der Waals surface area contributed by atoms with Crippen LogP contribution in [0.3, 0.4) is 0 Å². The summed E-state index contributed by atoms with van der Waals surface area (Å²) in [5.74, 6) is -0.0731. The molecule has 0 atom stereocenters. The van der Waals surface area contributed by atoms with Gasteiger partial charge < -0.3 is 0 Å². The molecular weight excluding hydrogens is 342 g/mol. The predicted octanol–water partition coefficient (Wildman–Crippen LogP) is 6.81. The molecule has 1 heterocycles. The Morgan fingerprint density at radius 1 is 0.857 bits per heavy atom. The highest BCUT2D eigenvalue weighted by Crippen LogP contribution is 2.42. The van der Waals surface area contributed by atoms with Gasteiger partial charge in [-0.05, 0) is 49.1 Å². The van der Waals surface area contributed by atoms with Gasteiger partial charge in [0.2, 0.25) is 0 Å². The number of nitrogens with zero attached hydrogens (tertiary/aromatic N) is 1. The lowest BCUT2D eigenvalue weighted by Gasteiger charge is -2.12. The summed E-state index contributed by atoms with van der Waals surface area (Å²) in [5, 5.41) is 1.12. The minimum absolute atomic E-state index is 0.0731. The number of allylic oxidation sites excluding steroid dienone is 1. The van der Waals surface area contributed by atoms with Crippen LogP contribution in [0.4, 0.5) is 0 Å². The molecule has 1 aromatic heterocycles. The molecule has 0 aliphatic heterocycles. The lowest BCUT2D eigenvalue weighted by atomic mass is 9.95. The Morgan fingerprint density at radius 3 is 2.00 bits per heavy atom. The largest absolute Gasteiger partial charge is 0.275 e. The summed E-state index contributed by atoms with van der Waals surface area (Å²) in [6, 6.07) is 24.7. The van der Waals surface area contributed by atoms with E-state index in [1.165, 1.54) is 5.56 Å². The Bertz CT molecular complexity index is 1200. The number of carbonyl (C=O) groups is 1. The molecule has 28 heavy (non-hydrogen) atoms. The standard InChI is InChI=1S/C26H23NO/c1-17(2)26(28)27-22-16-18(3)15-19(4)23(22)24(20-11-7-5-8-12-20)25(27)21-13-9-6-10-14-21/h5-16H,1H2,2-4H3. The fraction of sp³-hybridized carbons (Fsp3) is 0.115. The lowest BCUT2D eigenvalue weighted by molar-refractivity contribution is 0.0962. The third-order valence-electron chi connectivity index (χ3n) is 5.09. The van der Waals surface area contributed by atoms with Crippen molar-refractivity contribution in [2.24, 2.45) is 0 Å². The van der Waals surface area contributed by atoms with Crippen molar-refractivity contribution in [3.63, 3.8) is 0 Å². The maximum atomic E-state index is 13.3. The van der Waals surface area contributed by atoms with Crippen LogP contribution in [0.2, 0.25) is 0 Å². The topological polar surface area (TPSA) is 22.0 Å². The van der Waals surface area contributed by atoms with Crippen molar-refractivity contribution in [2.75, 3.05) is 0 Å². The third kappa shape index (κ3) is 2.87. The Labute approximate surface area is 165 Å². The molecule has 0 N–H and O–H groups in total. The number of benzene rings is 3. The number of fused-ring (bicyclic) bond motifs is 1. The number of rotatable bonds is 3. The lowest BCUT2D eigenvalue weighted by Crippen LogP contribution is -2.12. The Kier molecular flexibility index (Phi) is 4.48. The van der Waals surface area contributed by atoms with E-state index in [1.54, 1.807) is 6.92 Å². The van der Waals surface area contributed by atoms with Crippen molar-refractivity contribution >= 4 is 16.8 Å². The van der Waals surface area contributed by atoms with E-state index in [9.17, 15) is 4.79 Å². The van der Waals surface area contributed by atoms with Gasteiger partial charge in [0.1, 0.15) is 0 Å². The highest BCUT2D eigenvalue weighted by atomic mass is 16.2. The monoisotopic (exact) mass is 365 g/mol. The van der Waals surface area contributed by atoms with Gasteiger partial charge in [0.15, 0.2) is 0 Å². The number of carbonyl (C=O) groups excluding carboxylic acids is 1. The normalized spacial score (nSPS) is 11.0. The molecule has 2 heteroatoms. The highest BCUT2D eigenvalue weighted by molar-refractivity contribution is 6.14. The number of aromatic nitrogens is 1. The van der Waals surface area contributed by atoms with E-state index in [1.807, 2.05) is 41.0 Å². The molecule has 138 valence electrons. The predicted molar refractivity (Wildman–Crippen MR) is 118 cm³/mol. The van der Waals surface area contributed by atoms with Gasteiger partial charge in [-0.3, -0.25) is 9.36 Å². The molecule has 0 radical (unpaired) electrons. The van der Waals surface area contributed by atoms with Crippen LogP contribution in [-0.2, 0) is 0 Å². The zero-order chi connectivity index (χ0) is 19.8. The first-order valence-corrected chi connectivity index (χ1v) is 9.45. The van der Waals surface area contributed by atoms with E-state index in [4.69, 9.17) is 0 Å². The molecule has 0 saturated heterocycles. The van der Waals surface area contributed by atoms with Crippen molar-refractivity contribution in [2.45, 2.75) is 20.8 Å². The summed E-state index contributed by atoms with van der Waals surface area (Å²) >= 11 is 0. The van der Waals surface area contributed by atoms with E-state index in [2.05, 4.69) is 56.8 Å². The van der Waals surface area contributed by atoms with Crippen LogP contribution in [0.25, 0.3) is 33.3 Å². The molecule has 0 amide bonds. The van der Waals surface area contributed by atoms with Crippen molar-refractivity contribution in [3.05, 3.63) is 96.1 Å². The smallest absolute Gasteiger partial charge is 0.257 e. The number of aryl methyl sites for hydroxylation is 2. The fourth-order valence-electron chi connectivity index (χ4n) is 3.95. The van der Waals surface area contributed by atoms with Gasteiger partial charge in [-0.1, -0.05) is 73.3 Å². The van der Waals surface area contributed by atoms with Gasteiger partial charge in [-0.25, -0.2) is 0 Å². The quantitative estimate of drug-likeness (QED) is 0.366. The number of hydrogen-bond acceptors (Lipinski definition) is 1. The van der Waals surface area contributed by atoms with Crippen LogP contribution < -0.4 is 0 Å². The van der Waals surface area contributed by atoms with Crippen LogP contribution >= 0.6 is 0 Å². The van der Waals surface area contributed by atoms with Crippen molar-refractivity contribution < 1.29 is 4.79 Å². The minimum Gasteiger partial charge on any atom is -0.275 e.